The molecule has 0 saturated heterocycles. The van der Waals surface area contributed by atoms with Crippen LogP contribution in [0, 0.1) is 0 Å². The Kier molecular flexibility index (Phi) is 4.62. The van der Waals surface area contributed by atoms with Crippen LogP contribution in [0.1, 0.15) is 17.9 Å². The molecule has 17 heavy (non-hydrogen) atoms. The first-order chi connectivity index (χ1) is 7.89. The second-order valence-electron chi connectivity index (χ2n) is 3.34. The lowest BCUT2D eigenvalue weighted by Crippen LogP contribution is -2.31. The van der Waals surface area contributed by atoms with E-state index >= 15 is 0 Å². The van der Waals surface area contributed by atoms with Crippen LogP contribution in [0.5, 0.6) is 5.75 Å². The summed E-state index contributed by atoms with van der Waals surface area (Å²) >= 11 is 5.35. The Morgan fingerprint density at radius 3 is 2.18 bits per heavy atom. The molecule has 96 valence electrons. The third kappa shape index (κ3) is 3.25. The first kappa shape index (κ1) is 14.1. The molecule has 0 spiro atoms. The Balaban J connectivity index is 2.86. The summed E-state index contributed by atoms with van der Waals surface area (Å²) in [6.07, 6.45) is -3.79. The molecule has 0 aromatic heterocycles. The van der Waals surface area contributed by atoms with Gasteiger partial charge in [-0.15, -0.1) is 11.6 Å². The molecule has 1 unspecified atom stereocenters. The second kappa shape index (κ2) is 5.58. The molecule has 1 aromatic carbocycles. The fourth-order valence-electron chi connectivity index (χ4n) is 1.23. The Hall–Kier alpha value is -0.970. The summed E-state index contributed by atoms with van der Waals surface area (Å²) in [5, 5.41) is -2.06. The molecule has 0 fully saturated rings. The minimum absolute atomic E-state index is 0.0691. The zero-order chi connectivity index (χ0) is 13.1. The van der Waals surface area contributed by atoms with Crippen molar-refractivity contribution in [2.24, 2.45) is 0 Å². The van der Waals surface area contributed by atoms with Crippen LogP contribution in [0.4, 0.5) is 17.6 Å². The Morgan fingerprint density at radius 1 is 1.24 bits per heavy atom. The highest BCUT2D eigenvalue weighted by molar-refractivity contribution is 6.21. The van der Waals surface area contributed by atoms with Crippen molar-refractivity contribution in [3.05, 3.63) is 29.8 Å². The third-order valence-electron chi connectivity index (χ3n) is 2.11. The lowest BCUT2D eigenvalue weighted by atomic mass is 10.1. The SMILES string of the molecule is CCOc1ccc(C(Cl)C(F)(F)C(F)F)cc1. The number of hydrogen-bond donors (Lipinski definition) is 0. The molecule has 6 heteroatoms. The molecule has 0 aliphatic rings. The van der Waals surface area contributed by atoms with E-state index in [1.165, 1.54) is 24.3 Å². The molecule has 1 rings (SSSR count). The molecule has 1 atom stereocenters. The molecule has 0 aliphatic heterocycles. The highest BCUT2D eigenvalue weighted by Gasteiger charge is 2.48. The molecule has 0 radical (unpaired) electrons. The van der Waals surface area contributed by atoms with Gasteiger partial charge < -0.3 is 4.74 Å². The van der Waals surface area contributed by atoms with Crippen LogP contribution in [0.15, 0.2) is 24.3 Å². The second-order valence-corrected chi connectivity index (χ2v) is 3.78. The van der Waals surface area contributed by atoms with E-state index in [0.717, 1.165) is 0 Å². The van der Waals surface area contributed by atoms with Crippen LogP contribution in [-0.2, 0) is 0 Å². The van der Waals surface area contributed by atoms with Crippen LogP contribution in [0.2, 0.25) is 0 Å². The maximum Gasteiger partial charge on any atom is 0.327 e. The normalized spacial score (nSPS) is 13.8. The summed E-state index contributed by atoms with van der Waals surface area (Å²) in [5.41, 5.74) is -0.0691. The van der Waals surface area contributed by atoms with Gasteiger partial charge in [0.15, 0.2) is 0 Å². The minimum Gasteiger partial charge on any atom is -0.494 e. The number of hydrogen-bond acceptors (Lipinski definition) is 1. The zero-order valence-electron chi connectivity index (χ0n) is 8.97. The maximum absolute atomic E-state index is 13.0. The van der Waals surface area contributed by atoms with Crippen LogP contribution in [-0.4, -0.2) is 19.0 Å². The van der Waals surface area contributed by atoms with Crippen molar-refractivity contribution in [2.45, 2.75) is 24.6 Å². The predicted octanol–water partition coefficient (Wildman–Crippen LogP) is 4.27. The van der Waals surface area contributed by atoms with Gasteiger partial charge in [-0.05, 0) is 24.6 Å². The molecule has 0 aliphatic carbocycles. The van der Waals surface area contributed by atoms with E-state index in [2.05, 4.69) is 0 Å². The van der Waals surface area contributed by atoms with E-state index in [9.17, 15) is 17.6 Å². The first-order valence-corrected chi connectivity index (χ1v) is 5.36. The summed E-state index contributed by atoms with van der Waals surface area (Å²) < 4.78 is 55.2. The topological polar surface area (TPSA) is 9.23 Å². The van der Waals surface area contributed by atoms with E-state index in [1.807, 2.05) is 0 Å². The van der Waals surface area contributed by atoms with Gasteiger partial charge in [0, 0.05) is 0 Å². The molecular weight excluding hydrogens is 260 g/mol. The highest BCUT2D eigenvalue weighted by atomic mass is 35.5. The number of halogens is 5. The van der Waals surface area contributed by atoms with Gasteiger partial charge in [-0.1, -0.05) is 12.1 Å². The van der Waals surface area contributed by atoms with Crippen molar-refractivity contribution in [3.63, 3.8) is 0 Å². The van der Waals surface area contributed by atoms with Crippen LogP contribution < -0.4 is 4.74 Å². The van der Waals surface area contributed by atoms with Crippen molar-refractivity contribution in [2.75, 3.05) is 6.61 Å². The van der Waals surface area contributed by atoms with E-state index in [1.54, 1.807) is 6.92 Å². The summed E-state index contributed by atoms with van der Waals surface area (Å²) in [6.45, 7) is 2.19. The monoisotopic (exact) mass is 270 g/mol. The standard InChI is InChI=1S/C11H11ClF4O/c1-2-17-8-5-3-7(4-6-8)9(12)11(15,16)10(13)14/h3-6,9-10H,2H2,1H3. The minimum atomic E-state index is -4.26. The van der Waals surface area contributed by atoms with Crippen LogP contribution in [0.25, 0.3) is 0 Å². The molecular formula is C11H11ClF4O. The fraction of sp³-hybridized carbons (Fsp3) is 0.455. The lowest BCUT2D eigenvalue weighted by Gasteiger charge is -2.21. The van der Waals surface area contributed by atoms with Gasteiger partial charge in [0.25, 0.3) is 0 Å². The smallest absolute Gasteiger partial charge is 0.327 e. The molecule has 0 heterocycles. The fourth-order valence-corrected chi connectivity index (χ4v) is 1.47. The van der Waals surface area contributed by atoms with Crippen molar-refractivity contribution in [1.82, 2.24) is 0 Å². The van der Waals surface area contributed by atoms with E-state index in [-0.39, 0.29) is 5.56 Å². The molecule has 1 aromatic rings. The van der Waals surface area contributed by atoms with Gasteiger partial charge in [-0.3, -0.25) is 0 Å². The van der Waals surface area contributed by atoms with Gasteiger partial charge in [-0.2, -0.15) is 8.78 Å². The quantitative estimate of drug-likeness (QED) is 0.574. The summed E-state index contributed by atoms with van der Waals surface area (Å²) in [4.78, 5) is 0. The lowest BCUT2D eigenvalue weighted by molar-refractivity contribution is -0.130. The zero-order valence-corrected chi connectivity index (χ0v) is 9.73. The average Bonchev–Trinajstić information content (AvgIpc) is 2.29. The number of alkyl halides is 5. The van der Waals surface area contributed by atoms with Gasteiger partial charge in [0.1, 0.15) is 11.1 Å². The molecule has 0 saturated carbocycles. The average molecular weight is 271 g/mol. The Morgan fingerprint density at radius 2 is 1.76 bits per heavy atom. The van der Waals surface area contributed by atoms with Crippen molar-refractivity contribution < 1.29 is 22.3 Å². The number of benzene rings is 1. The summed E-state index contributed by atoms with van der Waals surface area (Å²) in [6, 6.07) is 5.32. The van der Waals surface area contributed by atoms with Gasteiger partial charge in [0.05, 0.1) is 6.61 Å². The third-order valence-corrected chi connectivity index (χ3v) is 2.66. The summed E-state index contributed by atoms with van der Waals surface area (Å²) in [5.74, 6) is -3.78. The molecule has 0 N–H and O–H groups in total. The van der Waals surface area contributed by atoms with E-state index < -0.39 is 17.7 Å². The van der Waals surface area contributed by atoms with Gasteiger partial charge >= 0.3 is 12.3 Å². The van der Waals surface area contributed by atoms with E-state index in [0.29, 0.717) is 12.4 Å². The van der Waals surface area contributed by atoms with Crippen LogP contribution >= 0.6 is 11.6 Å². The van der Waals surface area contributed by atoms with E-state index in [4.69, 9.17) is 16.3 Å². The largest absolute Gasteiger partial charge is 0.494 e. The first-order valence-electron chi connectivity index (χ1n) is 4.92. The van der Waals surface area contributed by atoms with Crippen molar-refractivity contribution in [3.8, 4) is 5.75 Å². The van der Waals surface area contributed by atoms with Crippen molar-refractivity contribution >= 4 is 11.6 Å². The predicted molar refractivity (Wildman–Crippen MR) is 57.2 cm³/mol. The van der Waals surface area contributed by atoms with Gasteiger partial charge in [-0.25, -0.2) is 8.78 Å². The van der Waals surface area contributed by atoms with Crippen molar-refractivity contribution in [1.29, 1.82) is 0 Å². The Labute approximate surface area is 101 Å². The van der Waals surface area contributed by atoms with Gasteiger partial charge in [0.2, 0.25) is 0 Å². The Bertz CT molecular complexity index is 353. The molecule has 0 bridgehead atoms. The highest BCUT2D eigenvalue weighted by Crippen LogP contribution is 2.41. The maximum atomic E-state index is 13.0. The van der Waals surface area contributed by atoms with Crippen LogP contribution in [0.3, 0.4) is 0 Å². The molecule has 1 nitrogen and oxygen atoms in total. The molecule has 0 amide bonds. The number of ether oxygens (including phenoxy) is 1. The number of rotatable bonds is 5. The summed E-state index contributed by atoms with van der Waals surface area (Å²) in [7, 11) is 0.